The molecule has 0 N–H and O–H groups in total. The van der Waals surface area contributed by atoms with E-state index < -0.39 is 5.92 Å². The molecule has 0 bridgehead atoms. The van der Waals surface area contributed by atoms with E-state index in [4.69, 9.17) is 0 Å². The number of esters is 1. The Morgan fingerprint density at radius 2 is 2.29 bits per heavy atom. The number of halogens is 1. The van der Waals surface area contributed by atoms with E-state index in [0.29, 0.717) is 5.56 Å². The van der Waals surface area contributed by atoms with Crippen molar-refractivity contribution in [2.45, 2.75) is 5.92 Å². The van der Waals surface area contributed by atoms with Gasteiger partial charge in [0.05, 0.1) is 7.11 Å². The van der Waals surface area contributed by atoms with Crippen molar-refractivity contribution in [3.05, 3.63) is 41.2 Å². The van der Waals surface area contributed by atoms with Crippen LogP contribution >= 0.6 is 0 Å². The Labute approximate surface area is 81.0 Å². The fourth-order valence-electron chi connectivity index (χ4n) is 1.60. The highest BCUT2D eigenvalue weighted by Crippen LogP contribution is 2.31. The minimum Gasteiger partial charge on any atom is -0.468 e. The highest BCUT2D eigenvalue weighted by molar-refractivity contribution is 5.86. The van der Waals surface area contributed by atoms with Crippen LogP contribution in [-0.4, -0.2) is 13.1 Å². The monoisotopic (exact) mass is 192 g/mol. The molecule has 1 atom stereocenters. The van der Waals surface area contributed by atoms with Crippen molar-refractivity contribution in [2.24, 2.45) is 0 Å². The summed E-state index contributed by atoms with van der Waals surface area (Å²) in [6, 6.07) is 4.41. The van der Waals surface area contributed by atoms with Crippen LogP contribution in [0.5, 0.6) is 0 Å². The second-order valence-corrected chi connectivity index (χ2v) is 3.13. The molecule has 0 heterocycles. The zero-order valence-corrected chi connectivity index (χ0v) is 7.66. The van der Waals surface area contributed by atoms with Crippen molar-refractivity contribution in [1.29, 1.82) is 0 Å². The van der Waals surface area contributed by atoms with Crippen molar-refractivity contribution < 1.29 is 13.9 Å². The molecule has 0 saturated heterocycles. The van der Waals surface area contributed by atoms with Gasteiger partial charge in [0, 0.05) is 0 Å². The number of rotatable bonds is 1. The highest BCUT2D eigenvalue weighted by atomic mass is 19.1. The Kier molecular flexibility index (Phi) is 2.08. The molecule has 0 fully saturated rings. The van der Waals surface area contributed by atoms with E-state index in [9.17, 15) is 9.18 Å². The molecule has 1 aliphatic rings. The molecule has 2 nitrogen and oxygen atoms in total. The molecule has 0 saturated carbocycles. The number of ether oxygens (including phenoxy) is 1. The van der Waals surface area contributed by atoms with Crippen molar-refractivity contribution >= 4 is 12.0 Å². The molecule has 3 heteroatoms. The lowest BCUT2D eigenvalue weighted by Crippen LogP contribution is -2.10. The Hall–Kier alpha value is -1.64. The highest BCUT2D eigenvalue weighted by Gasteiger charge is 2.25. The van der Waals surface area contributed by atoms with Gasteiger partial charge in [0.1, 0.15) is 11.7 Å². The lowest BCUT2D eigenvalue weighted by molar-refractivity contribution is -0.141. The number of methoxy groups -OCH3 is 1. The van der Waals surface area contributed by atoms with Crippen molar-refractivity contribution in [3.63, 3.8) is 0 Å². The van der Waals surface area contributed by atoms with Crippen molar-refractivity contribution in [3.8, 4) is 0 Å². The zero-order chi connectivity index (χ0) is 10.1. The summed E-state index contributed by atoms with van der Waals surface area (Å²) in [4.78, 5) is 11.3. The quantitative estimate of drug-likeness (QED) is 0.637. The molecule has 1 aliphatic carbocycles. The number of hydrogen-bond donors (Lipinski definition) is 0. The second-order valence-electron chi connectivity index (χ2n) is 3.13. The first kappa shape index (κ1) is 8.94. The maximum absolute atomic E-state index is 12.9. The number of fused-ring (bicyclic) bond motifs is 1. The summed E-state index contributed by atoms with van der Waals surface area (Å²) in [5.41, 5.74) is 1.55. The van der Waals surface area contributed by atoms with Crippen molar-refractivity contribution in [1.82, 2.24) is 0 Å². The molecule has 0 spiro atoms. The van der Waals surface area contributed by atoms with Gasteiger partial charge in [-0.2, -0.15) is 0 Å². The molecule has 0 radical (unpaired) electrons. The number of carbonyl (C=O) groups excluding carboxylic acids is 1. The summed E-state index contributed by atoms with van der Waals surface area (Å²) in [7, 11) is 1.33. The molecule has 1 unspecified atom stereocenters. The lowest BCUT2D eigenvalue weighted by Gasteiger charge is -2.07. The first-order valence-corrected chi connectivity index (χ1v) is 4.28. The van der Waals surface area contributed by atoms with Gasteiger partial charge >= 0.3 is 5.97 Å². The van der Waals surface area contributed by atoms with Crippen LogP contribution in [0, 0.1) is 5.82 Å². The Morgan fingerprint density at radius 1 is 1.50 bits per heavy atom. The summed E-state index contributed by atoms with van der Waals surface area (Å²) in [5, 5.41) is 0. The SMILES string of the molecule is COC(=O)C1C=Cc2ccc(F)cc21. The second kappa shape index (κ2) is 3.25. The third-order valence-corrected chi connectivity index (χ3v) is 2.31. The maximum Gasteiger partial charge on any atom is 0.317 e. The molecule has 72 valence electrons. The number of benzene rings is 1. The van der Waals surface area contributed by atoms with Gasteiger partial charge in [-0.25, -0.2) is 4.39 Å². The molecule has 2 rings (SSSR count). The smallest absolute Gasteiger partial charge is 0.317 e. The third-order valence-electron chi connectivity index (χ3n) is 2.31. The number of hydrogen-bond acceptors (Lipinski definition) is 2. The standard InChI is InChI=1S/C11H9FO2/c1-14-11(13)9-5-3-7-2-4-8(12)6-10(7)9/h2-6,9H,1H3. The average Bonchev–Trinajstić information content (AvgIpc) is 2.59. The summed E-state index contributed by atoms with van der Waals surface area (Å²) in [5.74, 6) is -1.14. The van der Waals surface area contributed by atoms with E-state index in [0.717, 1.165) is 5.56 Å². The van der Waals surface area contributed by atoms with Crippen LogP contribution in [0.25, 0.3) is 6.08 Å². The van der Waals surface area contributed by atoms with E-state index in [2.05, 4.69) is 4.74 Å². The topological polar surface area (TPSA) is 26.3 Å². The largest absolute Gasteiger partial charge is 0.468 e. The van der Waals surface area contributed by atoms with Gasteiger partial charge < -0.3 is 4.74 Å². The molecular formula is C11H9FO2. The van der Waals surface area contributed by atoms with Crippen LogP contribution in [0.2, 0.25) is 0 Å². The van der Waals surface area contributed by atoms with Crippen molar-refractivity contribution in [2.75, 3.05) is 7.11 Å². The molecule has 0 aromatic heterocycles. The van der Waals surface area contributed by atoms with Crippen LogP contribution in [-0.2, 0) is 9.53 Å². The van der Waals surface area contributed by atoms with Crippen LogP contribution in [0.15, 0.2) is 24.3 Å². The Balaban J connectivity index is 2.42. The van der Waals surface area contributed by atoms with E-state index in [-0.39, 0.29) is 11.8 Å². The van der Waals surface area contributed by atoms with Gasteiger partial charge in [-0.1, -0.05) is 18.2 Å². The summed E-state index contributed by atoms with van der Waals surface area (Å²) in [6.07, 6.45) is 3.52. The van der Waals surface area contributed by atoms with E-state index in [1.807, 2.05) is 0 Å². The maximum atomic E-state index is 12.9. The van der Waals surface area contributed by atoms with Crippen LogP contribution in [0.3, 0.4) is 0 Å². The fourth-order valence-corrected chi connectivity index (χ4v) is 1.60. The van der Waals surface area contributed by atoms with E-state index in [1.54, 1.807) is 18.2 Å². The molecule has 0 amide bonds. The van der Waals surface area contributed by atoms with Gasteiger partial charge in [-0.15, -0.1) is 0 Å². The normalized spacial score (nSPS) is 18.0. The third kappa shape index (κ3) is 1.31. The minimum atomic E-state index is -0.453. The van der Waals surface area contributed by atoms with Crippen LogP contribution in [0.1, 0.15) is 17.0 Å². The molecule has 0 aliphatic heterocycles. The van der Waals surface area contributed by atoms with Crippen LogP contribution in [0.4, 0.5) is 4.39 Å². The van der Waals surface area contributed by atoms with E-state index in [1.165, 1.54) is 19.2 Å². The summed E-state index contributed by atoms with van der Waals surface area (Å²) >= 11 is 0. The predicted octanol–water partition coefficient (Wildman–Crippen LogP) is 2.11. The first-order chi connectivity index (χ1) is 6.72. The minimum absolute atomic E-state index is 0.332. The van der Waals surface area contributed by atoms with Gasteiger partial charge in [-0.05, 0) is 23.3 Å². The fraction of sp³-hybridized carbons (Fsp3) is 0.182. The molecule has 14 heavy (non-hydrogen) atoms. The molecule has 1 aromatic carbocycles. The Bertz CT molecular complexity index is 410. The zero-order valence-electron chi connectivity index (χ0n) is 7.66. The number of carbonyl (C=O) groups is 1. The first-order valence-electron chi connectivity index (χ1n) is 4.28. The average molecular weight is 192 g/mol. The summed E-state index contributed by atoms with van der Waals surface area (Å²) < 4.78 is 17.5. The van der Waals surface area contributed by atoms with Gasteiger partial charge in [0.2, 0.25) is 0 Å². The van der Waals surface area contributed by atoms with Crippen LogP contribution < -0.4 is 0 Å². The van der Waals surface area contributed by atoms with Gasteiger partial charge in [0.15, 0.2) is 0 Å². The van der Waals surface area contributed by atoms with Gasteiger partial charge in [0.25, 0.3) is 0 Å². The Morgan fingerprint density at radius 3 is 3.00 bits per heavy atom. The predicted molar refractivity (Wildman–Crippen MR) is 50.2 cm³/mol. The van der Waals surface area contributed by atoms with Gasteiger partial charge in [-0.3, -0.25) is 4.79 Å². The summed E-state index contributed by atoms with van der Waals surface area (Å²) in [6.45, 7) is 0. The van der Waals surface area contributed by atoms with E-state index >= 15 is 0 Å². The molecule has 1 aromatic rings. The lowest BCUT2D eigenvalue weighted by atomic mass is 10.0. The molecular weight excluding hydrogens is 183 g/mol.